The predicted molar refractivity (Wildman–Crippen MR) is 107 cm³/mol. The Morgan fingerprint density at radius 3 is 2.73 bits per heavy atom. The molecule has 0 unspecified atom stereocenters. The monoisotopic (exact) mass is 413 g/mol. The van der Waals surface area contributed by atoms with E-state index in [4.69, 9.17) is 9.90 Å². The number of pyridine rings is 1. The third-order valence-electron chi connectivity index (χ3n) is 4.77. The number of carbonyl (C=O) groups excluding carboxylic acids is 1. The maximum atomic E-state index is 12.1. The van der Waals surface area contributed by atoms with Crippen LogP contribution in [0.5, 0.6) is 0 Å². The molecule has 3 aromatic rings. The molecule has 0 saturated carbocycles. The number of carboxylic acid groups (broad SMARTS) is 1. The van der Waals surface area contributed by atoms with Gasteiger partial charge in [0.2, 0.25) is 5.91 Å². The van der Waals surface area contributed by atoms with Crippen LogP contribution in [0.25, 0.3) is 17.2 Å². The number of hydrogen-bond donors (Lipinski definition) is 2. The van der Waals surface area contributed by atoms with E-state index in [0.29, 0.717) is 36.6 Å². The van der Waals surface area contributed by atoms with E-state index >= 15 is 0 Å². The van der Waals surface area contributed by atoms with Gasteiger partial charge in [-0.05, 0) is 25.0 Å². The molecule has 11 nitrogen and oxygen atoms in total. The Labute approximate surface area is 172 Å². The Kier molecular flexibility index (Phi) is 6.73. The lowest BCUT2D eigenvalue weighted by atomic mass is 10.1. The quantitative estimate of drug-likeness (QED) is 0.584. The van der Waals surface area contributed by atoms with Crippen molar-refractivity contribution < 1.29 is 14.7 Å². The summed E-state index contributed by atoms with van der Waals surface area (Å²) in [5.41, 5.74) is 0.172. The van der Waals surface area contributed by atoms with Crippen LogP contribution in [0, 0.1) is 0 Å². The first kappa shape index (κ1) is 21.0. The van der Waals surface area contributed by atoms with Crippen molar-refractivity contribution >= 4 is 12.4 Å². The predicted octanol–water partition coefficient (Wildman–Crippen LogP) is 0.612. The topological polar surface area (TPSA) is 139 Å². The number of H-pyrrole nitrogens is 1. The largest absolute Gasteiger partial charge is 0.483 e. The molecule has 0 aromatic carbocycles. The fraction of sp³-hybridized carbons (Fsp3) is 0.368. The second-order valence-corrected chi connectivity index (χ2v) is 6.68. The molecule has 0 aliphatic carbocycles. The van der Waals surface area contributed by atoms with E-state index in [1.54, 1.807) is 33.9 Å². The van der Waals surface area contributed by atoms with Crippen molar-refractivity contribution in [2.24, 2.45) is 7.05 Å². The molecule has 0 spiro atoms. The number of nitrogens with zero attached hydrogens (tertiary/aromatic N) is 6. The van der Waals surface area contributed by atoms with Crippen molar-refractivity contribution in [3.63, 3.8) is 0 Å². The van der Waals surface area contributed by atoms with Gasteiger partial charge in [-0.2, -0.15) is 9.78 Å². The Morgan fingerprint density at radius 1 is 1.27 bits per heavy atom. The summed E-state index contributed by atoms with van der Waals surface area (Å²) in [5.74, 6) is 1.99. The molecular weight excluding hydrogens is 390 g/mol. The van der Waals surface area contributed by atoms with E-state index in [-0.39, 0.29) is 17.9 Å². The lowest BCUT2D eigenvalue weighted by Gasteiger charge is -2.26. The molecule has 1 saturated heterocycles. The van der Waals surface area contributed by atoms with Crippen LogP contribution in [-0.2, 0) is 23.1 Å². The van der Waals surface area contributed by atoms with Crippen LogP contribution in [0.4, 0.5) is 0 Å². The highest BCUT2D eigenvalue weighted by Crippen LogP contribution is 2.17. The Bertz CT molecular complexity index is 1070. The first-order valence-corrected chi connectivity index (χ1v) is 9.53. The van der Waals surface area contributed by atoms with E-state index in [9.17, 15) is 9.59 Å². The van der Waals surface area contributed by atoms with Gasteiger partial charge in [0, 0.05) is 45.2 Å². The highest BCUT2D eigenvalue weighted by atomic mass is 16.3. The van der Waals surface area contributed by atoms with Gasteiger partial charge < -0.3 is 15.0 Å². The Morgan fingerprint density at radius 2 is 2.07 bits per heavy atom. The molecule has 1 amide bonds. The van der Waals surface area contributed by atoms with Gasteiger partial charge in [-0.15, -0.1) is 5.10 Å². The SMILES string of the molecule is Cn1nccc1-n1nc(-c2ccc[nH]c2=O)nc1CCN1CCCCC1=O.O=CO. The van der Waals surface area contributed by atoms with Crippen molar-refractivity contribution in [2.75, 3.05) is 13.1 Å². The number of hydrogen-bond acceptors (Lipinski definition) is 6. The Balaban J connectivity index is 0.000000806. The molecule has 1 fully saturated rings. The summed E-state index contributed by atoms with van der Waals surface area (Å²) in [6.45, 7) is 1.11. The number of carbonyl (C=O) groups is 2. The summed E-state index contributed by atoms with van der Waals surface area (Å²) in [6.07, 6.45) is 6.41. The van der Waals surface area contributed by atoms with Gasteiger partial charge in [0.25, 0.3) is 12.0 Å². The molecular formula is C19H23N7O4. The van der Waals surface area contributed by atoms with Crippen LogP contribution in [0.15, 0.2) is 35.4 Å². The zero-order valence-corrected chi connectivity index (χ0v) is 16.6. The zero-order chi connectivity index (χ0) is 21.5. The molecule has 11 heteroatoms. The number of aromatic nitrogens is 6. The van der Waals surface area contributed by atoms with Crippen molar-refractivity contribution in [1.29, 1.82) is 0 Å². The van der Waals surface area contributed by atoms with Crippen molar-refractivity contribution in [3.05, 3.63) is 46.8 Å². The van der Waals surface area contributed by atoms with Crippen LogP contribution in [0.1, 0.15) is 25.1 Å². The van der Waals surface area contributed by atoms with Crippen LogP contribution in [0.2, 0.25) is 0 Å². The normalized spacial score (nSPS) is 13.6. The highest BCUT2D eigenvalue weighted by molar-refractivity contribution is 5.76. The van der Waals surface area contributed by atoms with Crippen molar-refractivity contribution in [1.82, 2.24) is 34.4 Å². The average molecular weight is 413 g/mol. The van der Waals surface area contributed by atoms with Gasteiger partial charge >= 0.3 is 0 Å². The summed E-state index contributed by atoms with van der Waals surface area (Å²) in [4.78, 5) is 41.7. The molecule has 1 aliphatic rings. The molecule has 0 bridgehead atoms. The van der Waals surface area contributed by atoms with Gasteiger partial charge in [0.05, 0.1) is 11.8 Å². The van der Waals surface area contributed by atoms with Crippen LogP contribution < -0.4 is 5.56 Å². The molecule has 4 rings (SSSR count). The third kappa shape index (κ3) is 4.62. The lowest BCUT2D eigenvalue weighted by Crippen LogP contribution is -2.37. The number of rotatable bonds is 5. The minimum absolute atomic E-state index is 0.188. The molecule has 4 heterocycles. The number of piperidine rings is 1. The second kappa shape index (κ2) is 9.63. The molecule has 2 N–H and O–H groups in total. The van der Waals surface area contributed by atoms with E-state index < -0.39 is 0 Å². The van der Waals surface area contributed by atoms with Gasteiger partial charge in [0.1, 0.15) is 5.82 Å². The molecule has 1 aliphatic heterocycles. The standard InChI is InChI=1S/C18H21N7O2.CH2O2/c1-23-15(7-10-20-23)25-14(8-12-24-11-3-2-6-16(24)26)21-17(22-25)13-5-4-9-19-18(13)27;2-1-3/h4-5,7,9-10H,2-3,6,8,11-12H2,1H3,(H,19,27);1H,(H,2,3). The number of nitrogens with one attached hydrogen (secondary N) is 1. The fourth-order valence-corrected chi connectivity index (χ4v) is 3.31. The van der Waals surface area contributed by atoms with Gasteiger partial charge in [-0.25, -0.2) is 4.98 Å². The van der Waals surface area contributed by atoms with Crippen molar-refractivity contribution in [3.8, 4) is 17.2 Å². The van der Waals surface area contributed by atoms with Crippen LogP contribution >= 0.6 is 0 Å². The van der Waals surface area contributed by atoms with E-state index in [1.807, 2.05) is 18.0 Å². The molecule has 3 aromatic heterocycles. The van der Waals surface area contributed by atoms with E-state index in [1.165, 1.54) is 0 Å². The van der Waals surface area contributed by atoms with Gasteiger partial charge in [0.15, 0.2) is 11.6 Å². The minimum Gasteiger partial charge on any atom is -0.483 e. The van der Waals surface area contributed by atoms with Crippen LogP contribution in [0.3, 0.4) is 0 Å². The van der Waals surface area contributed by atoms with Crippen LogP contribution in [-0.4, -0.2) is 65.0 Å². The lowest BCUT2D eigenvalue weighted by molar-refractivity contribution is -0.133. The fourth-order valence-electron chi connectivity index (χ4n) is 3.31. The maximum absolute atomic E-state index is 12.1. The smallest absolute Gasteiger partial charge is 0.290 e. The summed E-state index contributed by atoms with van der Waals surface area (Å²) in [7, 11) is 1.82. The van der Waals surface area contributed by atoms with E-state index in [0.717, 1.165) is 25.2 Å². The first-order valence-electron chi connectivity index (χ1n) is 9.53. The summed E-state index contributed by atoms with van der Waals surface area (Å²) in [6, 6.07) is 5.27. The third-order valence-corrected chi connectivity index (χ3v) is 4.77. The highest BCUT2D eigenvalue weighted by Gasteiger charge is 2.21. The number of likely N-dealkylation sites (tertiary alicyclic amines) is 1. The molecule has 158 valence electrons. The molecule has 30 heavy (non-hydrogen) atoms. The summed E-state index contributed by atoms with van der Waals surface area (Å²) >= 11 is 0. The number of aryl methyl sites for hydroxylation is 1. The number of amides is 1. The number of aromatic amines is 1. The molecule has 0 atom stereocenters. The maximum Gasteiger partial charge on any atom is 0.290 e. The average Bonchev–Trinajstić information content (AvgIpc) is 3.34. The van der Waals surface area contributed by atoms with Gasteiger partial charge in [-0.1, -0.05) is 0 Å². The molecule has 0 radical (unpaired) electrons. The second-order valence-electron chi connectivity index (χ2n) is 6.68. The van der Waals surface area contributed by atoms with Crippen molar-refractivity contribution in [2.45, 2.75) is 25.7 Å². The summed E-state index contributed by atoms with van der Waals surface area (Å²) in [5, 5.41) is 15.6. The van der Waals surface area contributed by atoms with E-state index in [2.05, 4.69) is 20.2 Å². The Hall–Kier alpha value is -3.76. The minimum atomic E-state index is -0.250. The first-order chi connectivity index (χ1) is 14.5. The summed E-state index contributed by atoms with van der Waals surface area (Å²) < 4.78 is 3.40. The van der Waals surface area contributed by atoms with Gasteiger partial charge in [-0.3, -0.25) is 19.1 Å². The zero-order valence-electron chi connectivity index (χ0n) is 16.6.